The van der Waals surface area contributed by atoms with Crippen LogP contribution in [0.1, 0.15) is 19.5 Å². The number of hydrogen-bond donors (Lipinski definition) is 1. The van der Waals surface area contributed by atoms with Crippen molar-refractivity contribution < 1.29 is 0 Å². The zero-order valence-electron chi connectivity index (χ0n) is 11.1. The quantitative estimate of drug-likeness (QED) is 0.912. The Labute approximate surface area is 116 Å². The lowest BCUT2D eigenvalue weighted by Gasteiger charge is -2.08. The van der Waals surface area contributed by atoms with Crippen molar-refractivity contribution in [1.82, 2.24) is 9.97 Å². The van der Waals surface area contributed by atoms with Crippen LogP contribution in [0, 0.1) is 0 Å². The lowest BCUT2D eigenvalue weighted by Crippen LogP contribution is -2.08. The zero-order valence-corrected chi connectivity index (χ0v) is 11.9. The second-order valence-corrected chi connectivity index (χ2v) is 5.62. The first kappa shape index (κ1) is 12.4. The molecule has 1 N–H and O–H groups in total. The number of aliphatic imine (C=N–C) groups is 1. The number of aromatic nitrogens is 2. The van der Waals surface area contributed by atoms with E-state index in [0.717, 1.165) is 39.8 Å². The van der Waals surface area contributed by atoms with Gasteiger partial charge in [-0.25, -0.2) is 9.97 Å². The van der Waals surface area contributed by atoms with Gasteiger partial charge in [0.1, 0.15) is 5.52 Å². The lowest BCUT2D eigenvalue weighted by atomic mass is 10.2. The van der Waals surface area contributed by atoms with E-state index in [2.05, 4.69) is 46.3 Å². The van der Waals surface area contributed by atoms with Gasteiger partial charge in [-0.2, -0.15) is 0 Å². The van der Waals surface area contributed by atoms with E-state index in [4.69, 9.17) is 0 Å². The monoisotopic (exact) mass is 272 g/mol. The van der Waals surface area contributed by atoms with Crippen molar-refractivity contribution >= 4 is 33.7 Å². The number of rotatable bonds is 2. The van der Waals surface area contributed by atoms with Crippen molar-refractivity contribution in [1.29, 1.82) is 0 Å². The van der Waals surface area contributed by atoms with E-state index in [9.17, 15) is 0 Å². The number of amidine groups is 1. The van der Waals surface area contributed by atoms with E-state index >= 15 is 0 Å². The molecule has 19 heavy (non-hydrogen) atoms. The number of nitrogens with zero attached hydrogens (tertiary/aromatic N) is 3. The molecular weight excluding hydrogens is 256 g/mol. The summed E-state index contributed by atoms with van der Waals surface area (Å²) in [7, 11) is 0. The van der Waals surface area contributed by atoms with Gasteiger partial charge in [-0.15, -0.1) is 0 Å². The molecule has 5 heteroatoms. The number of nitrogens with one attached hydrogen (secondary N) is 1. The number of pyridine rings is 2. The highest BCUT2D eigenvalue weighted by Crippen LogP contribution is 2.23. The smallest absolute Gasteiger partial charge is 0.162 e. The number of anilines is 1. The van der Waals surface area contributed by atoms with Crippen molar-refractivity contribution in [3.8, 4) is 0 Å². The van der Waals surface area contributed by atoms with E-state index < -0.39 is 0 Å². The summed E-state index contributed by atoms with van der Waals surface area (Å²) in [4.78, 5) is 13.6. The fourth-order valence-electron chi connectivity index (χ4n) is 2.02. The highest BCUT2D eigenvalue weighted by molar-refractivity contribution is 8.14. The van der Waals surface area contributed by atoms with Crippen LogP contribution in [0.4, 0.5) is 5.82 Å². The van der Waals surface area contributed by atoms with Crippen LogP contribution in [0.2, 0.25) is 0 Å². The summed E-state index contributed by atoms with van der Waals surface area (Å²) >= 11 is 1.73. The Balaban J connectivity index is 2.00. The molecule has 0 fully saturated rings. The fraction of sp³-hybridized carbons (Fsp3) is 0.357. The Kier molecular flexibility index (Phi) is 3.38. The molecule has 3 rings (SSSR count). The van der Waals surface area contributed by atoms with Crippen LogP contribution < -0.4 is 5.32 Å². The van der Waals surface area contributed by atoms with Crippen molar-refractivity contribution in [2.45, 2.75) is 26.3 Å². The zero-order chi connectivity index (χ0) is 13.2. The Morgan fingerprint density at radius 1 is 1.37 bits per heavy atom. The Bertz CT molecular complexity index is 638. The Morgan fingerprint density at radius 3 is 3.00 bits per heavy atom. The SMILES string of the molecule is CCc1ccc2ccnc(NC3=NC(C)CS3)c2n1. The predicted molar refractivity (Wildman–Crippen MR) is 81.9 cm³/mol. The third-order valence-electron chi connectivity index (χ3n) is 3.05. The Hall–Kier alpha value is -1.62. The van der Waals surface area contributed by atoms with Gasteiger partial charge in [-0.3, -0.25) is 4.99 Å². The molecule has 0 aliphatic carbocycles. The molecular formula is C14H16N4S. The number of fused-ring (bicyclic) bond motifs is 1. The van der Waals surface area contributed by atoms with E-state index in [1.54, 1.807) is 11.8 Å². The topological polar surface area (TPSA) is 50.2 Å². The van der Waals surface area contributed by atoms with Crippen LogP contribution in [-0.2, 0) is 6.42 Å². The molecule has 4 nitrogen and oxygen atoms in total. The molecule has 0 bridgehead atoms. The molecule has 0 saturated heterocycles. The van der Waals surface area contributed by atoms with Crippen LogP contribution >= 0.6 is 11.8 Å². The van der Waals surface area contributed by atoms with Gasteiger partial charge in [0.05, 0.1) is 6.04 Å². The van der Waals surface area contributed by atoms with Gasteiger partial charge in [0.2, 0.25) is 0 Å². The minimum atomic E-state index is 0.377. The first-order valence-corrected chi connectivity index (χ1v) is 7.47. The third-order valence-corrected chi connectivity index (χ3v) is 4.18. The van der Waals surface area contributed by atoms with Gasteiger partial charge in [0, 0.05) is 23.0 Å². The molecule has 2 aromatic rings. The molecule has 2 aromatic heterocycles. The van der Waals surface area contributed by atoms with E-state index in [0.29, 0.717) is 6.04 Å². The van der Waals surface area contributed by atoms with Crippen LogP contribution in [0.3, 0.4) is 0 Å². The van der Waals surface area contributed by atoms with Crippen molar-refractivity contribution in [2.75, 3.05) is 11.1 Å². The van der Waals surface area contributed by atoms with E-state index in [1.165, 1.54) is 0 Å². The first-order chi connectivity index (χ1) is 9.26. The molecule has 1 aliphatic heterocycles. The summed E-state index contributed by atoms with van der Waals surface area (Å²) in [6.07, 6.45) is 2.73. The summed E-state index contributed by atoms with van der Waals surface area (Å²) < 4.78 is 0. The first-order valence-electron chi connectivity index (χ1n) is 6.48. The van der Waals surface area contributed by atoms with Gasteiger partial charge in [0.25, 0.3) is 0 Å². The molecule has 0 amide bonds. The van der Waals surface area contributed by atoms with Crippen molar-refractivity contribution in [3.63, 3.8) is 0 Å². The normalized spacial score (nSPS) is 18.6. The molecule has 0 aromatic carbocycles. The van der Waals surface area contributed by atoms with Gasteiger partial charge in [-0.1, -0.05) is 24.8 Å². The maximum atomic E-state index is 4.67. The minimum absolute atomic E-state index is 0.377. The van der Waals surface area contributed by atoms with Gasteiger partial charge in [0.15, 0.2) is 11.0 Å². The number of thioether (sulfide) groups is 1. The van der Waals surface area contributed by atoms with Gasteiger partial charge >= 0.3 is 0 Å². The van der Waals surface area contributed by atoms with Crippen LogP contribution in [0.25, 0.3) is 10.9 Å². The summed E-state index contributed by atoms with van der Waals surface area (Å²) in [6, 6.07) is 6.52. The van der Waals surface area contributed by atoms with E-state index in [-0.39, 0.29) is 0 Å². The Morgan fingerprint density at radius 2 is 2.26 bits per heavy atom. The molecule has 1 unspecified atom stereocenters. The van der Waals surface area contributed by atoms with Gasteiger partial charge in [-0.05, 0) is 25.5 Å². The predicted octanol–water partition coefficient (Wildman–Crippen LogP) is 3.10. The van der Waals surface area contributed by atoms with Crippen molar-refractivity contribution in [3.05, 3.63) is 30.1 Å². The van der Waals surface area contributed by atoms with Crippen LogP contribution in [0.5, 0.6) is 0 Å². The van der Waals surface area contributed by atoms with Crippen LogP contribution in [0.15, 0.2) is 29.4 Å². The molecule has 3 heterocycles. The maximum absolute atomic E-state index is 4.67. The highest BCUT2D eigenvalue weighted by Gasteiger charge is 2.15. The average molecular weight is 272 g/mol. The third kappa shape index (κ3) is 2.56. The molecule has 0 saturated carbocycles. The second-order valence-electron chi connectivity index (χ2n) is 4.61. The van der Waals surface area contributed by atoms with Crippen LogP contribution in [-0.4, -0.2) is 26.9 Å². The summed E-state index contributed by atoms with van der Waals surface area (Å²) in [5.41, 5.74) is 2.00. The second kappa shape index (κ2) is 5.17. The largest absolute Gasteiger partial charge is 0.318 e. The number of aryl methyl sites for hydroxylation is 1. The summed E-state index contributed by atoms with van der Waals surface area (Å²) in [6.45, 7) is 4.22. The molecule has 98 valence electrons. The minimum Gasteiger partial charge on any atom is -0.318 e. The average Bonchev–Trinajstić information content (AvgIpc) is 2.84. The number of hydrogen-bond acceptors (Lipinski definition) is 5. The lowest BCUT2D eigenvalue weighted by molar-refractivity contribution is 0.865. The molecule has 0 spiro atoms. The van der Waals surface area contributed by atoms with E-state index in [1.807, 2.05) is 12.3 Å². The fourth-order valence-corrected chi connectivity index (χ4v) is 2.92. The van der Waals surface area contributed by atoms with Crippen molar-refractivity contribution in [2.24, 2.45) is 4.99 Å². The maximum Gasteiger partial charge on any atom is 0.162 e. The standard InChI is InChI=1S/C14H16N4S/c1-3-11-5-4-10-6-7-15-13(12(10)17-11)18-14-16-9(2)8-19-14/h4-7,9H,3,8H2,1-2H3,(H,15,16,18). The summed E-state index contributed by atoms with van der Waals surface area (Å²) in [5, 5.41) is 5.35. The molecule has 0 radical (unpaired) electrons. The highest BCUT2D eigenvalue weighted by atomic mass is 32.2. The van der Waals surface area contributed by atoms with Gasteiger partial charge < -0.3 is 5.32 Å². The molecule has 1 aliphatic rings. The summed E-state index contributed by atoms with van der Waals surface area (Å²) in [5.74, 6) is 1.83. The molecule has 1 atom stereocenters.